The zero-order valence-electron chi connectivity index (χ0n) is 16.2. The molecule has 1 aliphatic heterocycles. The number of benzene rings is 1. The first-order valence-corrected chi connectivity index (χ1v) is 9.55. The van der Waals surface area contributed by atoms with Crippen LogP contribution in [0.15, 0.2) is 49.1 Å². The van der Waals surface area contributed by atoms with Crippen molar-refractivity contribution in [2.24, 2.45) is 5.92 Å². The number of hydrogen-bond donors (Lipinski definition) is 1. The normalized spacial score (nSPS) is 16.8. The Bertz CT molecular complexity index is 969. The van der Waals surface area contributed by atoms with Crippen LogP contribution in [0.4, 0.5) is 11.5 Å². The minimum atomic E-state index is -0.0717. The molecule has 28 heavy (non-hydrogen) atoms. The van der Waals surface area contributed by atoms with Gasteiger partial charge in [-0.05, 0) is 44.4 Å². The van der Waals surface area contributed by atoms with Gasteiger partial charge >= 0.3 is 0 Å². The van der Waals surface area contributed by atoms with E-state index in [0.29, 0.717) is 6.54 Å². The molecule has 0 saturated carbocycles. The Balaban J connectivity index is 1.47. The highest BCUT2D eigenvalue weighted by Crippen LogP contribution is 2.24. The van der Waals surface area contributed by atoms with E-state index in [1.807, 2.05) is 37.4 Å². The van der Waals surface area contributed by atoms with Gasteiger partial charge in [-0.3, -0.25) is 4.79 Å². The Kier molecular flexibility index (Phi) is 5.06. The molecule has 0 aliphatic carbocycles. The smallest absolute Gasteiger partial charge is 0.229 e. The molecule has 1 aliphatic rings. The van der Waals surface area contributed by atoms with Gasteiger partial charge in [0.25, 0.3) is 0 Å². The number of aryl methyl sites for hydroxylation is 2. The third-order valence-corrected chi connectivity index (χ3v) is 5.13. The molecule has 3 heterocycles. The summed E-state index contributed by atoms with van der Waals surface area (Å²) >= 11 is 0. The Morgan fingerprint density at radius 2 is 2.04 bits per heavy atom. The number of nitrogens with zero attached hydrogens (tertiary/aromatic N) is 5. The van der Waals surface area contributed by atoms with Crippen LogP contribution in [0.3, 0.4) is 0 Å². The van der Waals surface area contributed by atoms with Gasteiger partial charge < -0.3 is 10.2 Å². The van der Waals surface area contributed by atoms with Crippen molar-refractivity contribution in [2.45, 2.75) is 26.7 Å². The Labute approximate surface area is 164 Å². The monoisotopic (exact) mass is 376 g/mol. The number of rotatable bonds is 4. The van der Waals surface area contributed by atoms with Gasteiger partial charge in [0, 0.05) is 37.2 Å². The average molecular weight is 376 g/mol. The van der Waals surface area contributed by atoms with Crippen LogP contribution in [-0.4, -0.2) is 38.7 Å². The molecule has 1 N–H and O–H groups in total. The Hall–Kier alpha value is -3.22. The quantitative estimate of drug-likeness (QED) is 0.757. The van der Waals surface area contributed by atoms with E-state index in [9.17, 15) is 4.79 Å². The minimum Gasteiger partial charge on any atom is -0.356 e. The maximum absolute atomic E-state index is 12.9. The van der Waals surface area contributed by atoms with Crippen LogP contribution in [0.2, 0.25) is 0 Å². The number of anilines is 2. The lowest BCUT2D eigenvalue weighted by molar-refractivity contribution is -0.120. The highest BCUT2D eigenvalue weighted by atomic mass is 16.1. The second kappa shape index (κ2) is 7.80. The summed E-state index contributed by atoms with van der Waals surface area (Å²) in [4.78, 5) is 23.7. The van der Waals surface area contributed by atoms with Crippen molar-refractivity contribution in [1.82, 2.24) is 19.7 Å². The van der Waals surface area contributed by atoms with Crippen LogP contribution >= 0.6 is 0 Å². The number of nitrogens with one attached hydrogen (secondary N) is 1. The maximum Gasteiger partial charge on any atom is 0.229 e. The summed E-state index contributed by atoms with van der Waals surface area (Å²) in [6, 6.07) is 9.85. The number of hydrogen-bond acceptors (Lipinski definition) is 5. The molecule has 4 rings (SSSR count). The molecule has 1 atom stereocenters. The Morgan fingerprint density at radius 1 is 1.18 bits per heavy atom. The molecule has 144 valence electrons. The lowest BCUT2D eigenvalue weighted by Gasteiger charge is -2.33. The van der Waals surface area contributed by atoms with Gasteiger partial charge in [0.15, 0.2) is 5.82 Å². The molecule has 0 spiro atoms. The predicted molar refractivity (Wildman–Crippen MR) is 109 cm³/mol. The molecule has 0 radical (unpaired) electrons. The van der Waals surface area contributed by atoms with E-state index in [2.05, 4.69) is 38.3 Å². The molecule has 7 nitrogen and oxygen atoms in total. The van der Waals surface area contributed by atoms with Gasteiger partial charge in [-0.15, -0.1) is 0 Å². The fraction of sp³-hybridized carbons (Fsp3) is 0.333. The predicted octanol–water partition coefficient (Wildman–Crippen LogP) is 3.13. The number of amides is 1. The second-order valence-corrected chi connectivity index (χ2v) is 7.28. The topological polar surface area (TPSA) is 75.9 Å². The minimum absolute atomic E-state index is 0.0676. The fourth-order valence-electron chi connectivity index (χ4n) is 3.63. The summed E-state index contributed by atoms with van der Waals surface area (Å²) in [5.74, 6) is 1.54. The van der Waals surface area contributed by atoms with E-state index < -0.39 is 0 Å². The standard InChI is InChI=1S/C21H24N6O/c1-15-6-7-18(16(2)11-15)25-21(28)17-5-3-9-26(13-17)19-12-20(23-14-22-19)27-10-4-8-24-27/h4,6-8,10-12,14,17H,3,5,9,13H2,1-2H3,(H,25,28). The Morgan fingerprint density at radius 3 is 2.82 bits per heavy atom. The molecule has 2 aromatic heterocycles. The van der Waals surface area contributed by atoms with Crippen LogP contribution in [0.5, 0.6) is 0 Å². The first-order chi connectivity index (χ1) is 13.6. The zero-order valence-corrected chi connectivity index (χ0v) is 16.2. The van der Waals surface area contributed by atoms with E-state index in [-0.39, 0.29) is 11.8 Å². The molecule has 1 fully saturated rings. The third-order valence-electron chi connectivity index (χ3n) is 5.13. The molecule has 1 saturated heterocycles. The summed E-state index contributed by atoms with van der Waals surface area (Å²) in [6.07, 6.45) is 6.95. The summed E-state index contributed by atoms with van der Waals surface area (Å²) in [7, 11) is 0. The zero-order chi connectivity index (χ0) is 19.5. The van der Waals surface area contributed by atoms with Crippen molar-refractivity contribution in [2.75, 3.05) is 23.3 Å². The van der Waals surface area contributed by atoms with Crippen molar-refractivity contribution >= 4 is 17.4 Å². The fourth-order valence-corrected chi connectivity index (χ4v) is 3.63. The van der Waals surface area contributed by atoms with E-state index in [1.54, 1.807) is 17.2 Å². The van der Waals surface area contributed by atoms with E-state index >= 15 is 0 Å². The van der Waals surface area contributed by atoms with Crippen molar-refractivity contribution in [3.05, 3.63) is 60.2 Å². The van der Waals surface area contributed by atoms with Gasteiger partial charge in [0.05, 0.1) is 5.92 Å². The van der Waals surface area contributed by atoms with Gasteiger partial charge in [-0.25, -0.2) is 14.6 Å². The molecular formula is C21H24N6O. The molecule has 0 bridgehead atoms. The third kappa shape index (κ3) is 3.88. The first-order valence-electron chi connectivity index (χ1n) is 9.55. The summed E-state index contributed by atoms with van der Waals surface area (Å²) in [5, 5.41) is 7.32. The van der Waals surface area contributed by atoms with Crippen LogP contribution in [0, 0.1) is 19.8 Å². The van der Waals surface area contributed by atoms with E-state index in [1.165, 1.54) is 5.56 Å². The number of aromatic nitrogens is 4. The van der Waals surface area contributed by atoms with Gasteiger partial charge in [-0.2, -0.15) is 5.10 Å². The summed E-state index contributed by atoms with van der Waals surface area (Å²) < 4.78 is 1.71. The molecule has 3 aromatic rings. The summed E-state index contributed by atoms with van der Waals surface area (Å²) in [6.45, 7) is 5.60. The summed E-state index contributed by atoms with van der Waals surface area (Å²) in [5.41, 5.74) is 3.16. The highest BCUT2D eigenvalue weighted by Gasteiger charge is 2.27. The number of carbonyl (C=O) groups excluding carboxylic acids is 1. The van der Waals surface area contributed by atoms with Crippen molar-refractivity contribution < 1.29 is 4.79 Å². The average Bonchev–Trinajstić information content (AvgIpc) is 3.25. The highest BCUT2D eigenvalue weighted by molar-refractivity contribution is 5.93. The van der Waals surface area contributed by atoms with Gasteiger partial charge in [0.1, 0.15) is 12.1 Å². The molecule has 7 heteroatoms. The lowest BCUT2D eigenvalue weighted by atomic mass is 9.96. The number of piperidine rings is 1. The molecular weight excluding hydrogens is 352 g/mol. The van der Waals surface area contributed by atoms with Crippen LogP contribution < -0.4 is 10.2 Å². The molecule has 1 unspecified atom stereocenters. The molecule has 1 amide bonds. The molecule has 1 aromatic carbocycles. The van der Waals surface area contributed by atoms with Crippen molar-refractivity contribution in [1.29, 1.82) is 0 Å². The van der Waals surface area contributed by atoms with E-state index in [0.717, 1.165) is 42.3 Å². The second-order valence-electron chi connectivity index (χ2n) is 7.28. The SMILES string of the molecule is Cc1ccc(NC(=O)C2CCCN(c3cc(-n4cccn4)ncn3)C2)c(C)c1. The van der Waals surface area contributed by atoms with Crippen LogP contribution in [0.25, 0.3) is 5.82 Å². The van der Waals surface area contributed by atoms with Crippen LogP contribution in [0.1, 0.15) is 24.0 Å². The largest absolute Gasteiger partial charge is 0.356 e. The van der Waals surface area contributed by atoms with E-state index in [4.69, 9.17) is 0 Å². The van der Waals surface area contributed by atoms with Crippen molar-refractivity contribution in [3.63, 3.8) is 0 Å². The first kappa shape index (κ1) is 18.2. The lowest BCUT2D eigenvalue weighted by Crippen LogP contribution is -2.41. The van der Waals surface area contributed by atoms with Gasteiger partial charge in [-0.1, -0.05) is 17.7 Å². The van der Waals surface area contributed by atoms with Crippen molar-refractivity contribution in [3.8, 4) is 5.82 Å². The maximum atomic E-state index is 12.9. The van der Waals surface area contributed by atoms with Gasteiger partial charge in [0.2, 0.25) is 5.91 Å². The van der Waals surface area contributed by atoms with Crippen LogP contribution in [-0.2, 0) is 4.79 Å². The number of carbonyl (C=O) groups is 1.